The SMILES string of the molecule is CCCCCCCCCCCCCCCCc1cc(-c2cccs2)[nH]c1-c1cccs1. The Labute approximate surface area is 198 Å². The van der Waals surface area contributed by atoms with Gasteiger partial charge in [-0.3, -0.25) is 0 Å². The monoisotopic (exact) mass is 455 g/mol. The molecule has 31 heavy (non-hydrogen) atoms. The summed E-state index contributed by atoms with van der Waals surface area (Å²) >= 11 is 3.65. The zero-order valence-electron chi connectivity index (χ0n) is 19.5. The van der Waals surface area contributed by atoms with Gasteiger partial charge in [0.2, 0.25) is 0 Å². The van der Waals surface area contributed by atoms with Crippen LogP contribution < -0.4 is 0 Å². The number of H-pyrrole nitrogens is 1. The first kappa shape index (κ1) is 24.3. The van der Waals surface area contributed by atoms with Gasteiger partial charge in [-0.15, -0.1) is 22.7 Å². The number of nitrogens with one attached hydrogen (secondary N) is 1. The van der Waals surface area contributed by atoms with E-state index in [1.54, 1.807) is 0 Å². The van der Waals surface area contributed by atoms with Gasteiger partial charge in [0.15, 0.2) is 0 Å². The molecule has 0 fully saturated rings. The summed E-state index contributed by atoms with van der Waals surface area (Å²) in [5.74, 6) is 0. The number of aromatic amines is 1. The smallest absolute Gasteiger partial charge is 0.0592 e. The number of rotatable bonds is 17. The summed E-state index contributed by atoms with van der Waals surface area (Å²) in [7, 11) is 0. The number of aryl methyl sites for hydroxylation is 1. The van der Waals surface area contributed by atoms with E-state index in [-0.39, 0.29) is 0 Å². The molecule has 1 nitrogen and oxygen atoms in total. The highest BCUT2D eigenvalue weighted by molar-refractivity contribution is 7.14. The fourth-order valence-corrected chi connectivity index (χ4v) is 5.87. The van der Waals surface area contributed by atoms with Crippen molar-refractivity contribution in [3.8, 4) is 21.1 Å². The number of aromatic nitrogens is 1. The average molecular weight is 456 g/mol. The zero-order chi connectivity index (χ0) is 21.6. The second-order valence-electron chi connectivity index (χ2n) is 8.88. The van der Waals surface area contributed by atoms with Crippen LogP contribution in [0.3, 0.4) is 0 Å². The molecule has 0 aliphatic rings. The maximum Gasteiger partial charge on any atom is 0.0592 e. The van der Waals surface area contributed by atoms with E-state index in [0.717, 1.165) is 0 Å². The van der Waals surface area contributed by atoms with Crippen LogP contribution in [0.2, 0.25) is 0 Å². The molecule has 3 rings (SSSR count). The van der Waals surface area contributed by atoms with Gasteiger partial charge in [0, 0.05) is 0 Å². The van der Waals surface area contributed by atoms with Crippen LogP contribution in [-0.4, -0.2) is 4.98 Å². The summed E-state index contributed by atoms with van der Waals surface area (Å²) < 4.78 is 0. The van der Waals surface area contributed by atoms with Crippen molar-refractivity contribution in [3.05, 3.63) is 46.7 Å². The van der Waals surface area contributed by atoms with E-state index in [1.165, 1.54) is 123 Å². The van der Waals surface area contributed by atoms with E-state index < -0.39 is 0 Å². The molecule has 0 aliphatic carbocycles. The van der Waals surface area contributed by atoms with Crippen molar-refractivity contribution in [2.75, 3.05) is 0 Å². The molecule has 3 heteroatoms. The molecule has 0 aromatic carbocycles. The molecular formula is C28H41NS2. The highest BCUT2D eigenvalue weighted by atomic mass is 32.1. The fraction of sp³-hybridized carbons (Fsp3) is 0.571. The first-order chi connectivity index (χ1) is 15.4. The maximum atomic E-state index is 3.71. The molecule has 0 unspecified atom stereocenters. The predicted octanol–water partition coefficient (Wildman–Crippen LogP) is 10.5. The van der Waals surface area contributed by atoms with Gasteiger partial charge in [-0.1, -0.05) is 103 Å². The van der Waals surface area contributed by atoms with E-state index in [4.69, 9.17) is 0 Å². The zero-order valence-corrected chi connectivity index (χ0v) is 21.1. The minimum absolute atomic E-state index is 1.19. The van der Waals surface area contributed by atoms with Gasteiger partial charge < -0.3 is 4.98 Å². The second-order valence-corrected chi connectivity index (χ2v) is 10.8. The summed E-state index contributed by atoms with van der Waals surface area (Å²) in [6.45, 7) is 2.30. The lowest BCUT2D eigenvalue weighted by Crippen LogP contribution is -1.87. The second kappa shape index (κ2) is 14.7. The molecule has 0 radical (unpaired) electrons. The molecule has 1 N–H and O–H groups in total. The fourth-order valence-electron chi connectivity index (χ4n) is 4.41. The summed E-state index contributed by atoms with van der Waals surface area (Å²) in [5.41, 5.74) is 4.11. The van der Waals surface area contributed by atoms with E-state index >= 15 is 0 Å². The topological polar surface area (TPSA) is 15.8 Å². The van der Waals surface area contributed by atoms with Crippen molar-refractivity contribution in [1.82, 2.24) is 4.98 Å². The van der Waals surface area contributed by atoms with Crippen LogP contribution in [-0.2, 0) is 6.42 Å². The average Bonchev–Trinajstić information content (AvgIpc) is 3.55. The number of hydrogen-bond acceptors (Lipinski definition) is 2. The van der Waals surface area contributed by atoms with E-state index in [1.807, 2.05) is 22.7 Å². The highest BCUT2D eigenvalue weighted by Crippen LogP contribution is 2.34. The van der Waals surface area contributed by atoms with Crippen LogP contribution in [0.1, 0.15) is 102 Å². The Morgan fingerprint density at radius 1 is 0.645 bits per heavy atom. The Morgan fingerprint density at radius 2 is 1.16 bits per heavy atom. The van der Waals surface area contributed by atoms with E-state index in [0.29, 0.717) is 0 Å². The summed E-state index contributed by atoms with van der Waals surface area (Å²) in [6, 6.07) is 11.1. The Kier molecular flexibility index (Phi) is 11.5. The maximum absolute atomic E-state index is 3.71. The Morgan fingerprint density at radius 3 is 1.68 bits per heavy atom. The molecule has 0 bridgehead atoms. The Bertz CT molecular complexity index is 798. The van der Waals surface area contributed by atoms with Crippen LogP contribution in [0.25, 0.3) is 21.1 Å². The van der Waals surface area contributed by atoms with Gasteiger partial charge >= 0.3 is 0 Å². The van der Waals surface area contributed by atoms with Crippen molar-refractivity contribution in [2.45, 2.75) is 103 Å². The third-order valence-electron chi connectivity index (χ3n) is 6.25. The largest absolute Gasteiger partial charge is 0.353 e. The molecule has 3 heterocycles. The van der Waals surface area contributed by atoms with E-state index in [9.17, 15) is 0 Å². The molecule has 3 aromatic heterocycles. The molecule has 170 valence electrons. The molecule has 0 spiro atoms. The Hall–Kier alpha value is -1.32. The Balaban J connectivity index is 1.29. The lowest BCUT2D eigenvalue weighted by Gasteiger charge is -2.04. The number of thiophene rings is 2. The predicted molar refractivity (Wildman–Crippen MR) is 141 cm³/mol. The number of unbranched alkanes of at least 4 members (excludes halogenated alkanes) is 13. The standard InChI is InChI=1S/C28H41NS2/c1-2-3-4-5-6-7-8-9-10-11-12-13-14-15-18-24-23-25(26-19-16-21-30-26)29-28(24)27-20-17-22-31-27/h16-17,19-23,29H,2-15,18H2,1H3. The molecule has 0 aliphatic heterocycles. The quantitative estimate of drug-likeness (QED) is 0.195. The van der Waals surface area contributed by atoms with Crippen LogP contribution >= 0.6 is 22.7 Å². The van der Waals surface area contributed by atoms with E-state index in [2.05, 4.69) is 53.0 Å². The molecule has 0 amide bonds. The van der Waals surface area contributed by atoms with Crippen LogP contribution in [0.5, 0.6) is 0 Å². The lowest BCUT2D eigenvalue weighted by molar-refractivity contribution is 0.535. The van der Waals surface area contributed by atoms with Gasteiger partial charge in [-0.25, -0.2) is 0 Å². The van der Waals surface area contributed by atoms with Crippen molar-refractivity contribution in [2.24, 2.45) is 0 Å². The first-order valence-electron chi connectivity index (χ1n) is 12.7. The van der Waals surface area contributed by atoms with Gasteiger partial charge in [0.1, 0.15) is 0 Å². The third-order valence-corrected chi connectivity index (χ3v) is 8.04. The summed E-state index contributed by atoms with van der Waals surface area (Å²) in [5, 5.41) is 4.34. The van der Waals surface area contributed by atoms with Gasteiger partial charge in [-0.05, 0) is 47.4 Å². The van der Waals surface area contributed by atoms with Crippen LogP contribution in [0.4, 0.5) is 0 Å². The molecule has 0 saturated heterocycles. The molecule has 3 aromatic rings. The van der Waals surface area contributed by atoms with Gasteiger partial charge in [-0.2, -0.15) is 0 Å². The van der Waals surface area contributed by atoms with Crippen molar-refractivity contribution in [1.29, 1.82) is 0 Å². The molecule has 0 saturated carbocycles. The van der Waals surface area contributed by atoms with Crippen molar-refractivity contribution >= 4 is 22.7 Å². The summed E-state index contributed by atoms with van der Waals surface area (Å²) in [6.07, 6.45) is 21.1. The minimum Gasteiger partial charge on any atom is -0.353 e. The minimum atomic E-state index is 1.19. The molecule has 0 atom stereocenters. The number of hydrogen-bond donors (Lipinski definition) is 1. The van der Waals surface area contributed by atoms with Crippen LogP contribution in [0, 0.1) is 0 Å². The normalized spacial score (nSPS) is 11.4. The molecular weight excluding hydrogens is 414 g/mol. The lowest BCUT2D eigenvalue weighted by atomic mass is 10.0. The van der Waals surface area contributed by atoms with Crippen molar-refractivity contribution in [3.63, 3.8) is 0 Å². The first-order valence-corrected chi connectivity index (χ1v) is 14.4. The summed E-state index contributed by atoms with van der Waals surface area (Å²) in [4.78, 5) is 6.41. The van der Waals surface area contributed by atoms with Gasteiger partial charge in [0.05, 0.1) is 21.1 Å². The van der Waals surface area contributed by atoms with Gasteiger partial charge in [0.25, 0.3) is 0 Å². The highest BCUT2D eigenvalue weighted by Gasteiger charge is 2.12. The third kappa shape index (κ3) is 8.61. The van der Waals surface area contributed by atoms with Crippen molar-refractivity contribution < 1.29 is 0 Å². The van der Waals surface area contributed by atoms with Crippen LogP contribution in [0.15, 0.2) is 41.1 Å².